The van der Waals surface area contributed by atoms with Crippen molar-refractivity contribution in [3.05, 3.63) is 22.2 Å². The van der Waals surface area contributed by atoms with E-state index in [4.69, 9.17) is 9.47 Å². The summed E-state index contributed by atoms with van der Waals surface area (Å²) in [6, 6.07) is 4.44. The van der Waals surface area contributed by atoms with Crippen LogP contribution in [-0.2, 0) is 0 Å². The van der Waals surface area contributed by atoms with Crippen LogP contribution in [0, 0.1) is 11.8 Å². The van der Waals surface area contributed by atoms with Gasteiger partial charge in [-0.25, -0.2) is 0 Å². The quantitative estimate of drug-likeness (QED) is 0.872. The maximum atomic E-state index is 5.89. The monoisotopic (exact) mass is 353 g/mol. The number of piperidine rings is 1. The van der Waals surface area contributed by atoms with E-state index in [-0.39, 0.29) is 0 Å². The predicted octanol–water partition coefficient (Wildman–Crippen LogP) is 3.96. The average Bonchev–Trinajstić information content (AvgIpc) is 2.73. The van der Waals surface area contributed by atoms with Crippen LogP contribution >= 0.6 is 15.9 Å². The van der Waals surface area contributed by atoms with Crippen LogP contribution < -0.4 is 14.8 Å². The second-order valence-electron chi connectivity index (χ2n) is 6.39. The summed E-state index contributed by atoms with van der Waals surface area (Å²) < 4.78 is 12.7. The first-order valence-electron chi connectivity index (χ1n) is 7.96. The topological polar surface area (TPSA) is 30.5 Å². The highest BCUT2D eigenvalue weighted by Crippen LogP contribution is 2.43. The molecule has 0 aliphatic carbocycles. The Kier molecular flexibility index (Phi) is 4.75. The van der Waals surface area contributed by atoms with Gasteiger partial charge in [-0.2, -0.15) is 0 Å². The van der Waals surface area contributed by atoms with Crippen LogP contribution in [0.5, 0.6) is 11.5 Å². The lowest BCUT2D eigenvalue weighted by Crippen LogP contribution is -2.38. The van der Waals surface area contributed by atoms with Crippen molar-refractivity contribution in [2.45, 2.75) is 32.6 Å². The Morgan fingerprint density at radius 1 is 1.24 bits per heavy atom. The fourth-order valence-electron chi connectivity index (χ4n) is 3.46. The molecule has 1 aromatic rings. The minimum atomic E-state index is 0.597. The highest BCUT2D eigenvalue weighted by atomic mass is 79.9. The van der Waals surface area contributed by atoms with E-state index in [1.165, 1.54) is 12.0 Å². The molecule has 0 aromatic heterocycles. The molecule has 3 nitrogen and oxygen atoms in total. The summed E-state index contributed by atoms with van der Waals surface area (Å²) in [7, 11) is 0. The number of nitrogens with one attached hydrogen (secondary N) is 1. The summed E-state index contributed by atoms with van der Waals surface area (Å²) in [6.45, 7) is 8.31. The third-order valence-corrected chi connectivity index (χ3v) is 5.23. The number of benzene rings is 1. The average molecular weight is 354 g/mol. The fraction of sp³-hybridized carbons (Fsp3) is 0.647. The Bertz CT molecular complexity index is 504. The normalized spacial score (nSPS) is 25.7. The van der Waals surface area contributed by atoms with Gasteiger partial charge < -0.3 is 14.8 Å². The van der Waals surface area contributed by atoms with Crippen LogP contribution in [-0.4, -0.2) is 26.3 Å². The van der Waals surface area contributed by atoms with Crippen LogP contribution in [0.1, 0.15) is 38.2 Å². The molecule has 0 bridgehead atoms. The van der Waals surface area contributed by atoms with Crippen LogP contribution in [0.3, 0.4) is 0 Å². The van der Waals surface area contributed by atoms with Gasteiger partial charge in [0.25, 0.3) is 0 Å². The van der Waals surface area contributed by atoms with Gasteiger partial charge in [0, 0.05) is 6.42 Å². The lowest BCUT2D eigenvalue weighted by molar-refractivity contribution is 0.254. The first kappa shape index (κ1) is 15.2. The van der Waals surface area contributed by atoms with E-state index in [0.29, 0.717) is 17.8 Å². The number of halogens is 1. The molecule has 0 radical (unpaired) electrons. The van der Waals surface area contributed by atoms with Crippen molar-refractivity contribution in [1.82, 2.24) is 5.32 Å². The van der Waals surface area contributed by atoms with Crippen molar-refractivity contribution in [2.24, 2.45) is 11.8 Å². The molecule has 2 atom stereocenters. The smallest absolute Gasteiger partial charge is 0.175 e. The maximum Gasteiger partial charge on any atom is 0.175 e. The molecule has 0 amide bonds. The first-order valence-corrected chi connectivity index (χ1v) is 8.76. The summed E-state index contributed by atoms with van der Waals surface area (Å²) in [5, 5.41) is 3.54. The van der Waals surface area contributed by atoms with Crippen LogP contribution in [0.2, 0.25) is 0 Å². The number of fused-ring (bicyclic) bond motifs is 1. The Labute approximate surface area is 135 Å². The largest absolute Gasteiger partial charge is 0.490 e. The molecular formula is C17H24BrNO2. The van der Waals surface area contributed by atoms with Gasteiger partial charge in [0.1, 0.15) is 0 Å². The Hall–Kier alpha value is -0.740. The highest BCUT2D eigenvalue weighted by Gasteiger charge is 2.30. The Morgan fingerprint density at radius 3 is 2.86 bits per heavy atom. The van der Waals surface area contributed by atoms with Crippen LogP contribution in [0.25, 0.3) is 0 Å². The molecule has 2 heterocycles. The van der Waals surface area contributed by atoms with Crippen molar-refractivity contribution in [3.63, 3.8) is 0 Å². The van der Waals surface area contributed by atoms with Crippen molar-refractivity contribution in [3.8, 4) is 11.5 Å². The van der Waals surface area contributed by atoms with E-state index in [1.807, 2.05) is 0 Å². The molecule has 2 aliphatic rings. The Balaban J connectivity index is 1.94. The number of ether oxygens (including phenoxy) is 2. The third kappa shape index (κ3) is 3.21. The molecule has 116 valence electrons. The van der Waals surface area contributed by atoms with E-state index in [1.54, 1.807) is 0 Å². The maximum absolute atomic E-state index is 5.89. The van der Waals surface area contributed by atoms with Crippen LogP contribution in [0.15, 0.2) is 16.6 Å². The van der Waals surface area contributed by atoms with Crippen molar-refractivity contribution in [1.29, 1.82) is 0 Å². The molecule has 1 aromatic carbocycles. The van der Waals surface area contributed by atoms with Crippen molar-refractivity contribution < 1.29 is 9.47 Å². The van der Waals surface area contributed by atoms with E-state index in [2.05, 4.69) is 47.2 Å². The van der Waals surface area contributed by atoms with E-state index < -0.39 is 0 Å². The zero-order valence-electron chi connectivity index (χ0n) is 12.8. The molecule has 0 spiro atoms. The minimum absolute atomic E-state index is 0.597. The number of hydrogen-bond acceptors (Lipinski definition) is 3. The standard InChI is InChI=1S/C17H24BrNO2/c1-11(2)14-10-19-5-4-13(14)12-8-15(18)17-16(9-12)20-6-3-7-21-17/h8-9,11,13-14,19H,3-7,10H2,1-2H3. The summed E-state index contributed by atoms with van der Waals surface area (Å²) in [6.07, 6.45) is 2.13. The van der Waals surface area contributed by atoms with Gasteiger partial charge in [-0.15, -0.1) is 0 Å². The van der Waals surface area contributed by atoms with Gasteiger partial charge in [0.2, 0.25) is 0 Å². The fourth-order valence-corrected chi connectivity index (χ4v) is 4.04. The summed E-state index contributed by atoms with van der Waals surface area (Å²) in [4.78, 5) is 0. The van der Waals surface area contributed by atoms with E-state index >= 15 is 0 Å². The molecule has 2 unspecified atom stereocenters. The van der Waals surface area contributed by atoms with Gasteiger partial charge in [-0.3, -0.25) is 0 Å². The number of rotatable bonds is 2. The molecule has 0 saturated carbocycles. The van der Waals surface area contributed by atoms with Gasteiger partial charge >= 0.3 is 0 Å². The molecule has 3 rings (SSSR count). The van der Waals surface area contributed by atoms with Gasteiger partial charge in [-0.1, -0.05) is 13.8 Å². The van der Waals surface area contributed by atoms with Gasteiger partial charge in [-0.05, 0) is 70.9 Å². The van der Waals surface area contributed by atoms with Gasteiger partial charge in [0.15, 0.2) is 11.5 Å². The van der Waals surface area contributed by atoms with Crippen LogP contribution in [0.4, 0.5) is 0 Å². The van der Waals surface area contributed by atoms with E-state index in [0.717, 1.165) is 48.7 Å². The first-order chi connectivity index (χ1) is 10.2. The lowest BCUT2D eigenvalue weighted by Gasteiger charge is -2.35. The van der Waals surface area contributed by atoms with E-state index in [9.17, 15) is 0 Å². The highest BCUT2D eigenvalue weighted by molar-refractivity contribution is 9.10. The van der Waals surface area contributed by atoms with Crippen molar-refractivity contribution >= 4 is 15.9 Å². The lowest BCUT2D eigenvalue weighted by atomic mass is 9.75. The zero-order chi connectivity index (χ0) is 14.8. The second-order valence-corrected chi connectivity index (χ2v) is 7.24. The zero-order valence-corrected chi connectivity index (χ0v) is 14.4. The van der Waals surface area contributed by atoms with Gasteiger partial charge in [0.05, 0.1) is 17.7 Å². The molecule has 4 heteroatoms. The minimum Gasteiger partial charge on any atom is -0.490 e. The third-order valence-electron chi connectivity index (χ3n) is 4.64. The molecule has 2 aliphatic heterocycles. The Morgan fingerprint density at radius 2 is 2.05 bits per heavy atom. The SMILES string of the molecule is CC(C)C1CNCCC1c1cc(Br)c2c(c1)OCCCO2. The summed E-state index contributed by atoms with van der Waals surface area (Å²) in [5.41, 5.74) is 1.38. The number of hydrogen-bond donors (Lipinski definition) is 1. The second kappa shape index (κ2) is 6.57. The molecule has 21 heavy (non-hydrogen) atoms. The molecule has 1 N–H and O–H groups in total. The predicted molar refractivity (Wildman–Crippen MR) is 88.3 cm³/mol. The van der Waals surface area contributed by atoms with Crippen molar-refractivity contribution in [2.75, 3.05) is 26.3 Å². The summed E-state index contributed by atoms with van der Waals surface area (Å²) >= 11 is 3.67. The summed E-state index contributed by atoms with van der Waals surface area (Å²) in [5.74, 6) is 3.72. The molecular weight excluding hydrogens is 330 g/mol. The molecule has 1 saturated heterocycles. The molecule has 1 fully saturated rings.